The Kier molecular flexibility index (Phi) is 8.51. The van der Waals surface area contributed by atoms with E-state index in [4.69, 9.17) is 4.74 Å². The average Bonchev–Trinajstić information content (AvgIpc) is 2.82. The van der Waals surface area contributed by atoms with Gasteiger partial charge >= 0.3 is 0 Å². The molecule has 0 bridgehead atoms. The van der Waals surface area contributed by atoms with E-state index in [1.165, 1.54) is 6.42 Å². The van der Waals surface area contributed by atoms with Crippen LogP contribution in [0.2, 0.25) is 0 Å². The quantitative estimate of drug-likeness (QED) is 0.648. The number of hydrogen-bond donors (Lipinski definition) is 1. The summed E-state index contributed by atoms with van der Waals surface area (Å²) in [6.45, 7) is 2.22. The third-order valence-corrected chi connectivity index (χ3v) is 6.01. The maximum Gasteiger partial charge on any atom is 0.243 e. The second-order valence-corrected chi connectivity index (χ2v) is 8.28. The van der Waals surface area contributed by atoms with Crippen LogP contribution >= 0.6 is 0 Å². The first kappa shape index (κ1) is 22.9. The SMILES string of the molecule is CCC(=O)N(Cc1cccc(OC)c1)C(Cc1ccccc1)C(=O)NC1CCCCC1. The van der Waals surface area contributed by atoms with Gasteiger partial charge in [0.1, 0.15) is 11.8 Å². The fourth-order valence-corrected chi connectivity index (χ4v) is 4.27. The van der Waals surface area contributed by atoms with Crippen LogP contribution in [0.15, 0.2) is 54.6 Å². The highest BCUT2D eigenvalue weighted by Gasteiger charge is 2.31. The van der Waals surface area contributed by atoms with E-state index in [-0.39, 0.29) is 17.9 Å². The molecule has 1 aliphatic rings. The summed E-state index contributed by atoms with van der Waals surface area (Å²) in [6.07, 6.45) is 6.41. The number of hydrogen-bond acceptors (Lipinski definition) is 3. The Hall–Kier alpha value is -2.82. The normalized spacial score (nSPS) is 15.2. The number of benzene rings is 2. The van der Waals surface area contributed by atoms with Crippen LogP contribution in [0.25, 0.3) is 0 Å². The molecule has 0 saturated heterocycles. The third kappa shape index (κ3) is 6.58. The van der Waals surface area contributed by atoms with Gasteiger partial charge in [-0.1, -0.05) is 68.7 Å². The first-order valence-corrected chi connectivity index (χ1v) is 11.4. The van der Waals surface area contributed by atoms with Crippen molar-refractivity contribution < 1.29 is 14.3 Å². The van der Waals surface area contributed by atoms with Crippen LogP contribution in [0.4, 0.5) is 0 Å². The summed E-state index contributed by atoms with van der Waals surface area (Å²) in [7, 11) is 1.63. The van der Waals surface area contributed by atoms with E-state index >= 15 is 0 Å². The summed E-state index contributed by atoms with van der Waals surface area (Å²) < 4.78 is 5.34. The zero-order valence-electron chi connectivity index (χ0n) is 18.7. The highest BCUT2D eigenvalue weighted by atomic mass is 16.5. The molecule has 1 aliphatic carbocycles. The van der Waals surface area contributed by atoms with Gasteiger partial charge in [-0.3, -0.25) is 9.59 Å². The van der Waals surface area contributed by atoms with Crippen molar-refractivity contribution in [1.29, 1.82) is 0 Å². The molecule has 3 rings (SSSR count). The van der Waals surface area contributed by atoms with Crippen molar-refractivity contribution in [3.05, 3.63) is 65.7 Å². The molecule has 0 aromatic heterocycles. The van der Waals surface area contributed by atoms with Gasteiger partial charge in [0, 0.05) is 25.4 Å². The monoisotopic (exact) mass is 422 g/mol. The van der Waals surface area contributed by atoms with Crippen LogP contribution < -0.4 is 10.1 Å². The molecule has 0 aliphatic heterocycles. The molecule has 0 heterocycles. The van der Waals surface area contributed by atoms with Gasteiger partial charge in [0.25, 0.3) is 0 Å². The predicted molar refractivity (Wildman–Crippen MR) is 123 cm³/mol. The van der Waals surface area contributed by atoms with Crippen molar-refractivity contribution in [2.45, 2.75) is 70.5 Å². The molecule has 1 N–H and O–H groups in total. The van der Waals surface area contributed by atoms with Gasteiger partial charge in [-0.05, 0) is 36.1 Å². The molecule has 1 atom stereocenters. The van der Waals surface area contributed by atoms with Crippen molar-refractivity contribution in [2.24, 2.45) is 0 Å². The summed E-state index contributed by atoms with van der Waals surface area (Å²) in [4.78, 5) is 28.2. The molecule has 5 nitrogen and oxygen atoms in total. The minimum atomic E-state index is -0.553. The molecule has 1 unspecified atom stereocenters. The van der Waals surface area contributed by atoms with Gasteiger partial charge in [0.05, 0.1) is 7.11 Å². The van der Waals surface area contributed by atoms with Gasteiger partial charge in [-0.25, -0.2) is 0 Å². The smallest absolute Gasteiger partial charge is 0.243 e. The lowest BCUT2D eigenvalue weighted by molar-refractivity contribution is -0.141. The summed E-state index contributed by atoms with van der Waals surface area (Å²) in [6, 6.07) is 17.3. The molecule has 2 aromatic rings. The first-order valence-electron chi connectivity index (χ1n) is 11.4. The van der Waals surface area contributed by atoms with Crippen LogP contribution in [-0.4, -0.2) is 35.9 Å². The zero-order valence-corrected chi connectivity index (χ0v) is 18.7. The number of carbonyl (C=O) groups is 2. The number of amides is 2. The van der Waals surface area contributed by atoms with E-state index in [9.17, 15) is 9.59 Å². The third-order valence-electron chi connectivity index (χ3n) is 6.01. The number of rotatable bonds is 9. The van der Waals surface area contributed by atoms with Gasteiger partial charge in [0.15, 0.2) is 0 Å². The second kappa shape index (κ2) is 11.5. The largest absolute Gasteiger partial charge is 0.497 e. The van der Waals surface area contributed by atoms with Crippen molar-refractivity contribution >= 4 is 11.8 Å². The molecule has 5 heteroatoms. The maximum atomic E-state index is 13.5. The van der Waals surface area contributed by atoms with Crippen LogP contribution in [0, 0.1) is 0 Å². The summed E-state index contributed by atoms with van der Waals surface area (Å²) >= 11 is 0. The second-order valence-electron chi connectivity index (χ2n) is 8.28. The highest BCUT2D eigenvalue weighted by Crippen LogP contribution is 2.21. The molecule has 1 saturated carbocycles. The Labute approximate surface area is 185 Å². The van der Waals surface area contributed by atoms with Gasteiger partial charge in [-0.15, -0.1) is 0 Å². The Morgan fingerprint density at radius 2 is 1.74 bits per heavy atom. The standard InChI is InChI=1S/C26H34N2O3/c1-3-25(29)28(19-21-13-10-16-23(17-21)31-2)24(18-20-11-6-4-7-12-20)26(30)27-22-14-8-5-9-15-22/h4,6-7,10-13,16-17,22,24H,3,5,8-9,14-15,18-19H2,1-2H3,(H,27,30). The van der Waals surface area contributed by atoms with Crippen molar-refractivity contribution in [3.8, 4) is 5.75 Å². The Bertz CT molecular complexity index is 847. The molecule has 166 valence electrons. The van der Waals surface area contributed by atoms with Crippen LogP contribution in [0.5, 0.6) is 5.75 Å². The lowest BCUT2D eigenvalue weighted by Crippen LogP contribution is -2.52. The van der Waals surface area contributed by atoms with E-state index in [1.54, 1.807) is 12.0 Å². The van der Waals surface area contributed by atoms with Crippen LogP contribution in [0.1, 0.15) is 56.6 Å². The maximum absolute atomic E-state index is 13.5. The Balaban J connectivity index is 1.87. The molecule has 1 fully saturated rings. The Morgan fingerprint density at radius 3 is 2.42 bits per heavy atom. The van der Waals surface area contributed by atoms with Gasteiger partial charge in [0.2, 0.25) is 11.8 Å². The van der Waals surface area contributed by atoms with Gasteiger partial charge < -0.3 is 15.0 Å². The fraction of sp³-hybridized carbons (Fsp3) is 0.462. The van der Waals surface area contributed by atoms with Gasteiger partial charge in [-0.2, -0.15) is 0 Å². The minimum absolute atomic E-state index is 0.0254. The molecule has 31 heavy (non-hydrogen) atoms. The Morgan fingerprint density at radius 1 is 1.03 bits per heavy atom. The predicted octanol–water partition coefficient (Wildman–Crippen LogP) is 4.49. The number of carbonyl (C=O) groups excluding carboxylic acids is 2. The summed E-state index contributed by atoms with van der Waals surface area (Å²) in [5.74, 6) is 0.663. The summed E-state index contributed by atoms with van der Waals surface area (Å²) in [5.41, 5.74) is 2.00. The minimum Gasteiger partial charge on any atom is -0.497 e. The number of ether oxygens (including phenoxy) is 1. The van der Waals surface area contributed by atoms with E-state index in [0.717, 1.165) is 42.6 Å². The molecule has 2 amide bonds. The lowest BCUT2D eigenvalue weighted by atomic mass is 9.94. The molecular weight excluding hydrogens is 388 g/mol. The topological polar surface area (TPSA) is 58.6 Å². The lowest BCUT2D eigenvalue weighted by Gasteiger charge is -2.33. The van der Waals surface area contributed by atoms with Crippen molar-refractivity contribution in [1.82, 2.24) is 10.2 Å². The van der Waals surface area contributed by atoms with E-state index in [0.29, 0.717) is 19.4 Å². The zero-order chi connectivity index (χ0) is 22.1. The van der Waals surface area contributed by atoms with Crippen molar-refractivity contribution in [3.63, 3.8) is 0 Å². The van der Waals surface area contributed by atoms with Crippen LogP contribution in [0.3, 0.4) is 0 Å². The number of methoxy groups -OCH3 is 1. The van der Waals surface area contributed by atoms with Crippen LogP contribution in [-0.2, 0) is 22.6 Å². The average molecular weight is 423 g/mol. The number of nitrogens with zero attached hydrogens (tertiary/aromatic N) is 1. The highest BCUT2D eigenvalue weighted by molar-refractivity contribution is 5.88. The summed E-state index contributed by atoms with van der Waals surface area (Å²) in [5, 5.41) is 3.25. The fourth-order valence-electron chi connectivity index (χ4n) is 4.27. The molecular formula is C26H34N2O3. The molecule has 2 aromatic carbocycles. The molecule has 0 spiro atoms. The van der Waals surface area contributed by atoms with Crippen molar-refractivity contribution in [2.75, 3.05) is 7.11 Å². The van der Waals surface area contributed by atoms with E-state index in [2.05, 4.69) is 5.32 Å². The number of nitrogens with one attached hydrogen (secondary N) is 1. The first-order chi connectivity index (χ1) is 15.1. The van der Waals surface area contributed by atoms with E-state index in [1.807, 2.05) is 61.5 Å². The van der Waals surface area contributed by atoms with E-state index < -0.39 is 6.04 Å². The molecule has 0 radical (unpaired) electrons.